The minimum absolute atomic E-state index is 0.0285. The van der Waals surface area contributed by atoms with Gasteiger partial charge in [0.2, 0.25) is 6.19 Å². The van der Waals surface area contributed by atoms with E-state index in [9.17, 15) is 10.1 Å². The van der Waals surface area contributed by atoms with Crippen molar-refractivity contribution >= 4 is 11.9 Å². The number of rotatable bonds is 3. The molecule has 0 unspecified atom stereocenters. The molecule has 15 heavy (non-hydrogen) atoms. The van der Waals surface area contributed by atoms with E-state index in [1.807, 2.05) is 0 Å². The molecule has 6 nitrogen and oxygen atoms in total. The highest BCUT2D eigenvalue weighted by Crippen LogP contribution is 2.10. The number of hydrogen-bond acceptors (Lipinski definition) is 5. The minimum atomic E-state index is -0.470. The second kappa shape index (κ2) is 4.72. The standard InChI is InChI=1S/C9H8N4O2/c1-12(7-10)11-6-8-2-4-9(5-3-8)13(14)15/h2-6H,1H3/b11-6+. The molecule has 76 valence electrons. The monoisotopic (exact) mass is 204 g/mol. The lowest BCUT2D eigenvalue weighted by molar-refractivity contribution is -0.384. The summed E-state index contributed by atoms with van der Waals surface area (Å²) in [5.74, 6) is 0. The Balaban J connectivity index is 2.78. The highest BCUT2D eigenvalue weighted by molar-refractivity contribution is 5.79. The molecule has 0 heterocycles. The van der Waals surface area contributed by atoms with Gasteiger partial charge in [-0.1, -0.05) is 0 Å². The Morgan fingerprint density at radius 3 is 2.60 bits per heavy atom. The Morgan fingerprint density at radius 1 is 1.53 bits per heavy atom. The Bertz CT molecular complexity index is 419. The van der Waals surface area contributed by atoms with Gasteiger partial charge in [0.1, 0.15) is 0 Å². The van der Waals surface area contributed by atoms with E-state index in [0.717, 1.165) is 5.01 Å². The second-order valence-electron chi connectivity index (χ2n) is 2.72. The van der Waals surface area contributed by atoms with Crippen LogP contribution in [0.4, 0.5) is 5.69 Å². The molecule has 0 saturated heterocycles. The Morgan fingerprint density at radius 2 is 2.13 bits per heavy atom. The first kappa shape index (κ1) is 10.7. The Kier molecular flexibility index (Phi) is 3.35. The van der Waals surface area contributed by atoms with Crippen molar-refractivity contribution < 1.29 is 4.92 Å². The zero-order chi connectivity index (χ0) is 11.3. The van der Waals surface area contributed by atoms with Crippen molar-refractivity contribution in [3.05, 3.63) is 39.9 Å². The second-order valence-corrected chi connectivity index (χ2v) is 2.72. The summed E-state index contributed by atoms with van der Waals surface area (Å²) >= 11 is 0. The molecule has 0 aliphatic carbocycles. The third-order valence-corrected chi connectivity index (χ3v) is 1.63. The molecule has 0 amide bonds. The van der Waals surface area contributed by atoms with Crippen LogP contribution in [0.25, 0.3) is 0 Å². The van der Waals surface area contributed by atoms with E-state index in [0.29, 0.717) is 5.56 Å². The maximum Gasteiger partial charge on any atom is 0.269 e. The van der Waals surface area contributed by atoms with Crippen LogP contribution < -0.4 is 0 Å². The van der Waals surface area contributed by atoms with Crippen molar-refractivity contribution in [2.24, 2.45) is 5.10 Å². The molecule has 0 atom stereocenters. The molecule has 0 spiro atoms. The normalized spacial score (nSPS) is 9.87. The number of nitrogens with zero attached hydrogens (tertiary/aromatic N) is 4. The molecule has 1 aromatic rings. The van der Waals surface area contributed by atoms with E-state index in [1.54, 1.807) is 18.3 Å². The summed E-state index contributed by atoms with van der Waals surface area (Å²) in [5.41, 5.74) is 0.725. The number of hydrogen-bond donors (Lipinski definition) is 0. The molecule has 0 N–H and O–H groups in total. The van der Waals surface area contributed by atoms with Crippen LogP contribution in [0.1, 0.15) is 5.56 Å². The lowest BCUT2D eigenvalue weighted by Gasteiger charge is -1.98. The molecule has 0 saturated carbocycles. The molecule has 0 aliphatic heterocycles. The molecule has 0 aromatic heterocycles. The molecule has 6 heteroatoms. The summed E-state index contributed by atoms with van der Waals surface area (Å²) in [5, 5.41) is 23.6. The summed E-state index contributed by atoms with van der Waals surface area (Å²) < 4.78 is 0. The fraction of sp³-hybridized carbons (Fsp3) is 0.111. The maximum atomic E-state index is 10.3. The average molecular weight is 204 g/mol. The lowest BCUT2D eigenvalue weighted by Crippen LogP contribution is -2.01. The van der Waals surface area contributed by atoms with Crippen molar-refractivity contribution in [3.63, 3.8) is 0 Å². The van der Waals surface area contributed by atoms with Crippen molar-refractivity contribution in [1.82, 2.24) is 5.01 Å². The van der Waals surface area contributed by atoms with Crippen LogP contribution >= 0.6 is 0 Å². The number of nitro benzene ring substituents is 1. The van der Waals surface area contributed by atoms with Crippen LogP contribution in [0.3, 0.4) is 0 Å². The van der Waals surface area contributed by atoms with E-state index >= 15 is 0 Å². The highest BCUT2D eigenvalue weighted by Gasteiger charge is 2.02. The first-order valence-electron chi connectivity index (χ1n) is 4.05. The Hall–Kier alpha value is -2.42. The summed E-state index contributed by atoms with van der Waals surface area (Å²) in [6, 6.07) is 5.89. The molecule has 1 aromatic carbocycles. The molecule has 0 aliphatic rings. The van der Waals surface area contributed by atoms with Gasteiger partial charge in [0.05, 0.1) is 11.1 Å². The minimum Gasteiger partial charge on any atom is -0.258 e. The van der Waals surface area contributed by atoms with Crippen LogP contribution in [-0.4, -0.2) is 23.2 Å². The summed E-state index contributed by atoms with van der Waals surface area (Å²) in [6.07, 6.45) is 3.24. The zero-order valence-corrected chi connectivity index (χ0v) is 7.99. The van der Waals surface area contributed by atoms with Gasteiger partial charge in [-0.3, -0.25) is 10.1 Å². The number of hydrazone groups is 1. The summed E-state index contributed by atoms with van der Waals surface area (Å²) in [6.45, 7) is 0. The van der Waals surface area contributed by atoms with Gasteiger partial charge in [-0.2, -0.15) is 10.4 Å². The first-order valence-corrected chi connectivity index (χ1v) is 4.05. The number of non-ortho nitro benzene ring substituents is 1. The van der Waals surface area contributed by atoms with E-state index < -0.39 is 4.92 Å². The van der Waals surface area contributed by atoms with Crippen LogP contribution in [-0.2, 0) is 0 Å². The lowest BCUT2D eigenvalue weighted by atomic mass is 10.2. The zero-order valence-electron chi connectivity index (χ0n) is 7.99. The van der Waals surface area contributed by atoms with Crippen molar-refractivity contribution in [2.45, 2.75) is 0 Å². The van der Waals surface area contributed by atoms with Gasteiger partial charge in [0, 0.05) is 19.2 Å². The largest absolute Gasteiger partial charge is 0.269 e. The van der Waals surface area contributed by atoms with Gasteiger partial charge in [-0.15, -0.1) is 0 Å². The maximum absolute atomic E-state index is 10.3. The summed E-state index contributed by atoms with van der Waals surface area (Å²) in [7, 11) is 1.50. The van der Waals surface area contributed by atoms with Gasteiger partial charge >= 0.3 is 0 Å². The summed E-state index contributed by atoms with van der Waals surface area (Å²) in [4.78, 5) is 9.88. The van der Waals surface area contributed by atoms with Crippen LogP contribution in [0, 0.1) is 21.6 Å². The van der Waals surface area contributed by atoms with E-state index in [1.165, 1.54) is 25.4 Å². The third kappa shape index (κ3) is 3.08. The third-order valence-electron chi connectivity index (χ3n) is 1.63. The van der Waals surface area contributed by atoms with Gasteiger partial charge in [-0.05, 0) is 17.7 Å². The van der Waals surface area contributed by atoms with E-state index in [2.05, 4.69) is 5.10 Å². The van der Waals surface area contributed by atoms with Crippen LogP contribution in [0.15, 0.2) is 29.4 Å². The van der Waals surface area contributed by atoms with Crippen LogP contribution in [0.2, 0.25) is 0 Å². The number of nitro groups is 1. The molecule has 0 fully saturated rings. The molecule has 0 bridgehead atoms. The van der Waals surface area contributed by atoms with E-state index in [4.69, 9.17) is 5.26 Å². The van der Waals surface area contributed by atoms with Crippen molar-refractivity contribution in [2.75, 3.05) is 7.05 Å². The smallest absolute Gasteiger partial charge is 0.258 e. The average Bonchev–Trinajstić information content (AvgIpc) is 2.26. The highest BCUT2D eigenvalue weighted by atomic mass is 16.6. The predicted octanol–water partition coefficient (Wildman–Crippen LogP) is 1.34. The fourth-order valence-electron chi connectivity index (χ4n) is 0.861. The number of nitriles is 1. The SMILES string of the molecule is CN(C#N)/N=C/c1ccc([N+](=O)[O-])cc1. The van der Waals surface area contributed by atoms with Gasteiger partial charge in [0.25, 0.3) is 5.69 Å². The number of benzene rings is 1. The molecular formula is C9H8N4O2. The predicted molar refractivity (Wildman–Crippen MR) is 54.1 cm³/mol. The van der Waals surface area contributed by atoms with Crippen LogP contribution in [0.5, 0.6) is 0 Å². The van der Waals surface area contributed by atoms with Crippen molar-refractivity contribution in [1.29, 1.82) is 5.26 Å². The quantitative estimate of drug-likeness (QED) is 0.244. The topological polar surface area (TPSA) is 82.5 Å². The van der Waals surface area contributed by atoms with E-state index in [-0.39, 0.29) is 5.69 Å². The van der Waals surface area contributed by atoms with Crippen molar-refractivity contribution in [3.8, 4) is 6.19 Å². The first-order chi connectivity index (χ1) is 7.13. The molecule has 0 radical (unpaired) electrons. The van der Waals surface area contributed by atoms with Gasteiger partial charge in [0.15, 0.2) is 0 Å². The van der Waals surface area contributed by atoms with Gasteiger partial charge in [-0.25, -0.2) is 5.01 Å². The molecular weight excluding hydrogens is 196 g/mol. The van der Waals surface area contributed by atoms with Gasteiger partial charge < -0.3 is 0 Å². The molecule has 1 rings (SSSR count). The Labute approximate surface area is 86.2 Å². The fourth-order valence-corrected chi connectivity index (χ4v) is 0.861.